The van der Waals surface area contributed by atoms with Crippen LogP contribution in [0, 0.1) is 0 Å². The standard InChI is InChI=1S/C17H18N4O3/c22-15-5-2-1-4-13(15)16(23)20-8-3-9-21(11-10-20)17(24)14-12-18-6-7-19-14/h1-2,4-7,12,22H,3,8-11H2. The maximum Gasteiger partial charge on any atom is 0.274 e. The van der Waals surface area contributed by atoms with Crippen LogP contribution in [0.15, 0.2) is 42.9 Å². The number of nitrogens with zero attached hydrogens (tertiary/aromatic N) is 4. The Bertz CT molecular complexity index is 736. The Balaban J connectivity index is 1.68. The minimum absolute atomic E-state index is 0.0285. The number of hydrogen-bond donors (Lipinski definition) is 1. The lowest BCUT2D eigenvalue weighted by Gasteiger charge is -2.22. The molecule has 0 saturated carbocycles. The molecule has 1 N–H and O–H groups in total. The van der Waals surface area contributed by atoms with E-state index >= 15 is 0 Å². The monoisotopic (exact) mass is 326 g/mol. The summed E-state index contributed by atoms with van der Waals surface area (Å²) < 4.78 is 0. The number of phenolic OH excluding ortho intramolecular Hbond substituents is 1. The molecule has 0 aliphatic carbocycles. The van der Waals surface area contributed by atoms with E-state index in [1.54, 1.807) is 28.0 Å². The van der Waals surface area contributed by atoms with E-state index in [0.717, 1.165) is 0 Å². The number of amides is 2. The number of aromatic nitrogens is 2. The molecule has 0 spiro atoms. The third-order valence-electron chi connectivity index (χ3n) is 3.99. The zero-order valence-electron chi connectivity index (χ0n) is 13.1. The second kappa shape index (κ2) is 7.08. The summed E-state index contributed by atoms with van der Waals surface area (Å²) in [5, 5.41) is 9.84. The number of para-hydroxylation sites is 1. The maximum atomic E-state index is 12.6. The molecule has 1 aromatic carbocycles. The van der Waals surface area contributed by atoms with Gasteiger partial charge in [-0.3, -0.25) is 14.6 Å². The third-order valence-corrected chi connectivity index (χ3v) is 3.99. The molecule has 0 radical (unpaired) electrons. The fourth-order valence-corrected chi connectivity index (χ4v) is 2.72. The van der Waals surface area contributed by atoms with Crippen molar-refractivity contribution >= 4 is 11.8 Å². The fraction of sp³-hybridized carbons (Fsp3) is 0.294. The molecule has 1 fully saturated rings. The second-order valence-corrected chi connectivity index (χ2v) is 5.55. The molecule has 0 unspecified atom stereocenters. The number of phenols is 1. The fourth-order valence-electron chi connectivity index (χ4n) is 2.72. The van der Waals surface area contributed by atoms with Crippen LogP contribution in [0.3, 0.4) is 0 Å². The zero-order chi connectivity index (χ0) is 16.9. The number of carbonyl (C=O) groups is 2. The summed E-state index contributed by atoms with van der Waals surface area (Å²) in [7, 11) is 0. The van der Waals surface area contributed by atoms with Gasteiger partial charge in [0.1, 0.15) is 11.4 Å². The van der Waals surface area contributed by atoms with Crippen molar-refractivity contribution in [2.75, 3.05) is 26.2 Å². The van der Waals surface area contributed by atoms with E-state index in [-0.39, 0.29) is 23.1 Å². The van der Waals surface area contributed by atoms with Gasteiger partial charge in [-0.05, 0) is 18.6 Å². The lowest BCUT2D eigenvalue weighted by molar-refractivity contribution is 0.0713. The Morgan fingerprint density at radius 3 is 2.33 bits per heavy atom. The number of aromatic hydroxyl groups is 1. The predicted octanol–water partition coefficient (Wildman–Crippen LogP) is 1.17. The summed E-state index contributed by atoms with van der Waals surface area (Å²) in [6.45, 7) is 1.94. The SMILES string of the molecule is O=C(c1cnccn1)N1CCCN(C(=O)c2ccccc2O)CC1. The Hall–Kier alpha value is -2.96. The third kappa shape index (κ3) is 3.34. The predicted molar refractivity (Wildman–Crippen MR) is 86.6 cm³/mol. The van der Waals surface area contributed by atoms with Crippen LogP contribution in [-0.4, -0.2) is 62.9 Å². The lowest BCUT2D eigenvalue weighted by Crippen LogP contribution is -2.37. The van der Waals surface area contributed by atoms with Crippen molar-refractivity contribution in [2.45, 2.75) is 6.42 Å². The van der Waals surface area contributed by atoms with Crippen molar-refractivity contribution in [1.82, 2.24) is 19.8 Å². The Labute approximate surface area is 139 Å². The molecule has 0 atom stereocenters. The van der Waals surface area contributed by atoms with Gasteiger partial charge in [-0.25, -0.2) is 4.98 Å². The molecule has 1 aromatic heterocycles. The number of rotatable bonds is 2. The molecule has 24 heavy (non-hydrogen) atoms. The second-order valence-electron chi connectivity index (χ2n) is 5.55. The molecule has 2 aromatic rings. The first-order valence-corrected chi connectivity index (χ1v) is 7.79. The normalized spacial score (nSPS) is 15.0. The number of carbonyl (C=O) groups excluding carboxylic acids is 2. The summed E-state index contributed by atoms with van der Waals surface area (Å²) in [5.74, 6) is -0.430. The minimum Gasteiger partial charge on any atom is -0.507 e. The Kier molecular flexibility index (Phi) is 4.69. The van der Waals surface area contributed by atoms with Gasteiger partial charge in [0.25, 0.3) is 11.8 Å². The van der Waals surface area contributed by atoms with Gasteiger partial charge >= 0.3 is 0 Å². The maximum absolute atomic E-state index is 12.6. The molecule has 2 heterocycles. The summed E-state index contributed by atoms with van der Waals surface area (Å²) in [5.41, 5.74) is 0.587. The highest BCUT2D eigenvalue weighted by atomic mass is 16.3. The van der Waals surface area contributed by atoms with E-state index in [0.29, 0.717) is 38.3 Å². The van der Waals surface area contributed by atoms with Crippen molar-refractivity contribution in [1.29, 1.82) is 0 Å². The molecule has 7 nitrogen and oxygen atoms in total. The first-order chi connectivity index (χ1) is 11.7. The van der Waals surface area contributed by atoms with Crippen LogP contribution in [0.25, 0.3) is 0 Å². The first kappa shape index (κ1) is 15.9. The van der Waals surface area contributed by atoms with Gasteiger partial charge in [-0.15, -0.1) is 0 Å². The smallest absolute Gasteiger partial charge is 0.274 e. The highest BCUT2D eigenvalue weighted by Gasteiger charge is 2.25. The highest BCUT2D eigenvalue weighted by Crippen LogP contribution is 2.19. The van der Waals surface area contributed by atoms with E-state index in [1.165, 1.54) is 24.7 Å². The van der Waals surface area contributed by atoms with Crippen molar-refractivity contribution in [2.24, 2.45) is 0 Å². The van der Waals surface area contributed by atoms with E-state index in [1.807, 2.05) is 0 Å². The summed E-state index contributed by atoms with van der Waals surface area (Å²) in [6, 6.07) is 6.49. The van der Waals surface area contributed by atoms with Crippen LogP contribution in [-0.2, 0) is 0 Å². The summed E-state index contributed by atoms with van der Waals surface area (Å²) in [4.78, 5) is 36.3. The van der Waals surface area contributed by atoms with Crippen molar-refractivity contribution in [3.05, 3.63) is 54.1 Å². The molecule has 1 aliphatic rings. The largest absolute Gasteiger partial charge is 0.507 e. The number of hydrogen-bond acceptors (Lipinski definition) is 5. The van der Waals surface area contributed by atoms with Gasteiger partial charge < -0.3 is 14.9 Å². The van der Waals surface area contributed by atoms with E-state index in [2.05, 4.69) is 9.97 Å². The molecular formula is C17H18N4O3. The first-order valence-electron chi connectivity index (χ1n) is 7.79. The summed E-state index contributed by atoms with van der Waals surface area (Å²) in [6.07, 6.45) is 5.12. The molecule has 1 aliphatic heterocycles. The quantitative estimate of drug-likeness (QED) is 0.895. The molecule has 0 bridgehead atoms. The van der Waals surface area contributed by atoms with Gasteiger partial charge in [-0.1, -0.05) is 12.1 Å². The molecule has 7 heteroatoms. The number of benzene rings is 1. The van der Waals surface area contributed by atoms with Gasteiger partial charge in [0.15, 0.2) is 0 Å². The van der Waals surface area contributed by atoms with Crippen LogP contribution in [0.1, 0.15) is 27.3 Å². The molecule has 1 saturated heterocycles. The van der Waals surface area contributed by atoms with E-state index in [9.17, 15) is 14.7 Å². The van der Waals surface area contributed by atoms with Gasteiger partial charge in [0, 0.05) is 38.6 Å². The molecule has 3 rings (SSSR count). The van der Waals surface area contributed by atoms with Gasteiger partial charge in [-0.2, -0.15) is 0 Å². The minimum atomic E-state index is -0.220. The van der Waals surface area contributed by atoms with Crippen molar-refractivity contribution in [3.63, 3.8) is 0 Å². The Morgan fingerprint density at radius 2 is 1.67 bits per heavy atom. The van der Waals surface area contributed by atoms with Crippen LogP contribution in [0.4, 0.5) is 0 Å². The van der Waals surface area contributed by atoms with Gasteiger partial charge in [0.2, 0.25) is 0 Å². The molecular weight excluding hydrogens is 308 g/mol. The van der Waals surface area contributed by atoms with Crippen LogP contribution < -0.4 is 0 Å². The van der Waals surface area contributed by atoms with E-state index < -0.39 is 0 Å². The zero-order valence-corrected chi connectivity index (χ0v) is 13.1. The van der Waals surface area contributed by atoms with E-state index in [4.69, 9.17) is 0 Å². The lowest BCUT2D eigenvalue weighted by atomic mass is 10.1. The van der Waals surface area contributed by atoms with Crippen LogP contribution in [0.2, 0.25) is 0 Å². The highest BCUT2D eigenvalue weighted by molar-refractivity contribution is 5.97. The average Bonchev–Trinajstić information content (AvgIpc) is 2.88. The van der Waals surface area contributed by atoms with Crippen LogP contribution in [0.5, 0.6) is 5.75 Å². The summed E-state index contributed by atoms with van der Waals surface area (Å²) >= 11 is 0. The van der Waals surface area contributed by atoms with Gasteiger partial charge in [0.05, 0.1) is 11.8 Å². The molecule has 124 valence electrons. The average molecular weight is 326 g/mol. The Morgan fingerprint density at radius 1 is 0.958 bits per heavy atom. The van der Waals surface area contributed by atoms with Crippen LogP contribution >= 0.6 is 0 Å². The topological polar surface area (TPSA) is 86.6 Å². The molecule has 2 amide bonds. The van der Waals surface area contributed by atoms with Crippen molar-refractivity contribution < 1.29 is 14.7 Å². The van der Waals surface area contributed by atoms with Crippen molar-refractivity contribution in [3.8, 4) is 5.75 Å².